The van der Waals surface area contributed by atoms with Crippen LogP contribution in [0.1, 0.15) is 22.3 Å². The van der Waals surface area contributed by atoms with Gasteiger partial charge >= 0.3 is 0 Å². The van der Waals surface area contributed by atoms with Gasteiger partial charge in [0, 0.05) is 39.3 Å². The maximum atomic E-state index is 10.5. The minimum Gasteiger partial charge on any atom is -0.491 e. The van der Waals surface area contributed by atoms with Crippen molar-refractivity contribution < 1.29 is 19.7 Å². The number of ether oxygens (including phenoxy) is 2. The highest BCUT2D eigenvalue weighted by molar-refractivity contribution is 5.32. The summed E-state index contributed by atoms with van der Waals surface area (Å²) in [5.74, 6) is 1.39. The molecule has 0 saturated heterocycles. The van der Waals surface area contributed by atoms with Gasteiger partial charge in [-0.2, -0.15) is 0 Å². The van der Waals surface area contributed by atoms with Crippen molar-refractivity contribution in [1.82, 2.24) is 9.80 Å². The summed E-state index contributed by atoms with van der Waals surface area (Å²) in [4.78, 5) is 4.56. The number of aliphatic hydroxyl groups is 2. The molecule has 6 nitrogen and oxygen atoms in total. The SMILES string of the molecule is O[C@H](COc1ccc(OC[C@@H](O)CN2CCc3ccccc3C2)cc1)CN1CCc2ccccc2C1. The van der Waals surface area contributed by atoms with Crippen molar-refractivity contribution in [3.8, 4) is 11.5 Å². The first-order chi connectivity index (χ1) is 17.6. The largest absolute Gasteiger partial charge is 0.491 e. The smallest absolute Gasteiger partial charge is 0.119 e. The molecule has 0 unspecified atom stereocenters. The topological polar surface area (TPSA) is 65.4 Å². The number of β-amino-alcohol motifs (C(OH)–C–C–N with tert-alkyl or cyclic N) is 2. The highest BCUT2D eigenvalue weighted by Crippen LogP contribution is 2.21. The summed E-state index contributed by atoms with van der Waals surface area (Å²) in [6, 6.07) is 24.4. The molecule has 36 heavy (non-hydrogen) atoms. The van der Waals surface area contributed by atoms with E-state index in [0.717, 1.165) is 39.0 Å². The van der Waals surface area contributed by atoms with Gasteiger partial charge in [0.2, 0.25) is 0 Å². The van der Waals surface area contributed by atoms with Crippen LogP contribution in [0.15, 0.2) is 72.8 Å². The summed E-state index contributed by atoms with van der Waals surface area (Å²) in [7, 11) is 0. The van der Waals surface area contributed by atoms with E-state index in [-0.39, 0.29) is 13.2 Å². The summed E-state index contributed by atoms with van der Waals surface area (Å²) >= 11 is 0. The van der Waals surface area contributed by atoms with Crippen LogP contribution in [0.2, 0.25) is 0 Å². The van der Waals surface area contributed by atoms with Crippen molar-refractivity contribution in [2.24, 2.45) is 0 Å². The Morgan fingerprint density at radius 3 is 1.39 bits per heavy atom. The molecule has 0 aromatic heterocycles. The molecule has 0 amide bonds. The van der Waals surface area contributed by atoms with E-state index in [1.54, 1.807) is 0 Å². The van der Waals surface area contributed by atoms with Crippen LogP contribution in [0.3, 0.4) is 0 Å². The second-order valence-corrected chi connectivity index (χ2v) is 9.91. The van der Waals surface area contributed by atoms with Gasteiger partial charge in [-0.15, -0.1) is 0 Å². The van der Waals surface area contributed by atoms with Crippen LogP contribution < -0.4 is 9.47 Å². The first-order valence-electron chi connectivity index (χ1n) is 12.9. The lowest BCUT2D eigenvalue weighted by molar-refractivity contribution is 0.0625. The third kappa shape index (κ3) is 6.65. The second-order valence-electron chi connectivity index (χ2n) is 9.91. The Bertz CT molecular complexity index is 1030. The highest BCUT2D eigenvalue weighted by atomic mass is 16.5. The summed E-state index contributed by atoms with van der Waals surface area (Å²) < 4.78 is 11.6. The molecule has 0 saturated carbocycles. The molecule has 3 aromatic rings. The monoisotopic (exact) mass is 488 g/mol. The van der Waals surface area contributed by atoms with Crippen molar-refractivity contribution in [3.63, 3.8) is 0 Å². The molecular formula is C30H36N2O4. The molecule has 2 aliphatic heterocycles. The minimum absolute atomic E-state index is 0.246. The molecule has 2 N–H and O–H groups in total. The fourth-order valence-electron chi connectivity index (χ4n) is 5.14. The molecule has 2 aliphatic rings. The van der Waals surface area contributed by atoms with Gasteiger partial charge in [-0.05, 0) is 59.4 Å². The highest BCUT2D eigenvalue weighted by Gasteiger charge is 2.20. The standard InChI is InChI=1S/C30H36N2O4/c33-27(19-31-15-13-23-5-1-3-7-25(23)17-31)21-35-29-9-11-30(12-10-29)36-22-28(34)20-32-16-14-24-6-2-4-8-26(24)18-32/h1-12,27-28,33-34H,13-22H2/t27-,28-/m0/s1. The number of benzene rings is 3. The fourth-order valence-corrected chi connectivity index (χ4v) is 5.14. The minimum atomic E-state index is -0.553. The molecule has 2 atom stereocenters. The van der Waals surface area contributed by atoms with Gasteiger partial charge in [0.25, 0.3) is 0 Å². The van der Waals surface area contributed by atoms with Crippen LogP contribution in [0.5, 0.6) is 11.5 Å². The van der Waals surface area contributed by atoms with E-state index in [4.69, 9.17) is 9.47 Å². The van der Waals surface area contributed by atoms with Gasteiger partial charge in [-0.1, -0.05) is 48.5 Å². The van der Waals surface area contributed by atoms with Crippen molar-refractivity contribution in [3.05, 3.63) is 95.1 Å². The van der Waals surface area contributed by atoms with Crippen LogP contribution in [-0.4, -0.2) is 71.6 Å². The van der Waals surface area contributed by atoms with Crippen molar-refractivity contribution >= 4 is 0 Å². The number of hydrogen-bond donors (Lipinski definition) is 2. The molecule has 5 rings (SSSR count). The van der Waals surface area contributed by atoms with E-state index in [1.165, 1.54) is 22.3 Å². The quantitative estimate of drug-likeness (QED) is 0.457. The van der Waals surface area contributed by atoms with Crippen molar-refractivity contribution in [2.45, 2.75) is 38.1 Å². The lowest BCUT2D eigenvalue weighted by Crippen LogP contribution is -2.38. The van der Waals surface area contributed by atoms with Crippen molar-refractivity contribution in [2.75, 3.05) is 39.4 Å². The molecular weight excluding hydrogens is 452 g/mol. The van der Waals surface area contributed by atoms with Crippen LogP contribution >= 0.6 is 0 Å². The fraction of sp³-hybridized carbons (Fsp3) is 0.400. The Hall–Kier alpha value is -2.90. The van der Waals surface area contributed by atoms with Gasteiger partial charge in [0.15, 0.2) is 0 Å². The number of nitrogens with zero attached hydrogens (tertiary/aromatic N) is 2. The van der Waals surface area contributed by atoms with Crippen LogP contribution in [0, 0.1) is 0 Å². The second kappa shape index (κ2) is 11.9. The number of aliphatic hydroxyl groups excluding tert-OH is 2. The summed E-state index contributed by atoms with van der Waals surface area (Å²) in [6.07, 6.45) is 0.934. The first-order valence-corrected chi connectivity index (χ1v) is 12.9. The molecule has 3 aromatic carbocycles. The summed E-state index contributed by atoms with van der Waals surface area (Å²) in [5, 5.41) is 21.0. The Morgan fingerprint density at radius 2 is 0.972 bits per heavy atom. The first kappa shape index (κ1) is 24.8. The van der Waals surface area contributed by atoms with E-state index in [1.807, 2.05) is 24.3 Å². The van der Waals surface area contributed by atoms with E-state index in [0.29, 0.717) is 24.6 Å². The molecule has 0 aliphatic carbocycles. The zero-order chi connectivity index (χ0) is 24.7. The van der Waals surface area contributed by atoms with Crippen LogP contribution in [0.4, 0.5) is 0 Å². The molecule has 0 fully saturated rings. The molecule has 0 spiro atoms. The van der Waals surface area contributed by atoms with E-state index >= 15 is 0 Å². The van der Waals surface area contributed by atoms with Gasteiger partial charge in [0.1, 0.15) is 36.9 Å². The average Bonchev–Trinajstić information content (AvgIpc) is 2.91. The third-order valence-corrected chi connectivity index (χ3v) is 7.07. The molecule has 0 bridgehead atoms. The van der Waals surface area contributed by atoms with E-state index < -0.39 is 12.2 Å². The van der Waals surface area contributed by atoms with Crippen molar-refractivity contribution in [1.29, 1.82) is 0 Å². The Balaban J connectivity index is 1.01. The lowest BCUT2D eigenvalue weighted by Gasteiger charge is -2.30. The lowest BCUT2D eigenvalue weighted by atomic mass is 10.00. The van der Waals surface area contributed by atoms with Crippen LogP contribution in [0.25, 0.3) is 0 Å². The van der Waals surface area contributed by atoms with E-state index in [9.17, 15) is 10.2 Å². The zero-order valence-electron chi connectivity index (χ0n) is 20.8. The zero-order valence-corrected chi connectivity index (χ0v) is 20.8. The predicted octanol–water partition coefficient (Wildman–Crippen LogP) is 3.28. The molecule has 0 radical (unpaired) electrons. The van der Waals surface area contributed by atoms with Gasteiger partial charge < -0.3 is 19.7 Å². The number of rotatable bonds is 10. The Kier molecular flexibility index (Phi) is 8.18. The predicted molar refractivity (Wildman–Crippen MR) is 140 cm³/mol. The Morgan fingerprint density at radius 1 is 0.583 bits per heavy atom. The number of fused-ring (bicyclic) bond motifs is 2. The molecule has 6 heteroatoms. The third-order valence-electron chi connectivity index (χ3n) is 7.07. The van der Waals surface area contributed by atoms with Gasteiger partial charge in [-0.3, -0.25) is 9.80 Å². The van der Waals surface area contributed by atoms with Gasteiger partial charge in [-0.25, -0.2) is 0 Å². The summed E-state index contributed by atoms with van der Waals surface area (Å²) in [5.41, 5.74) is 5.51. The molecule has 190 valence electrons. The molecule has 2 heterocycles. The maximum absolute atomic E-state index is 10.5. The van der Waals surface area contributed by atoms with E-state index in [2.05, 4.69) is 58.3 Å². The van der Waals surface area contributed by atoms with Gasteiger partial charge in [0.05, 0.1) is 0 Å². The number of hydrogen-bond acceptors (Lipinski definition) is 6. The summed E-state index contributed by atoms with van der Waals surface area (Å²) in [6.45, 7) is 5.33. The normalized spacial score (nSPS) is 17.6. The maximum Gasteiger partial charge on any atom is 0.119 e. The van der Waals surface area contributed by atoms with Crippen LogP contribution in [-0.2, 0) is 25.9 Å². The average molecular weight is 489 g/mol. The Labute approximate surface area is 213 Å².